The van der Waals surface area contributed by atoms with Crippen LogP contribution >= 0.6 is 45.3 Å². The molecule has 0 saturated heterocycles. The largest absolute Gasteiger partial charge is 0.491 e. The molecule has 310 valence electrons. The number of fused-ring (bicyclic) bond motifs is 3. The van der Waals surface area contributed by atoms with Gasteiger partial charge in [-0.3, -0.25) is 4.79 Å². The number of benzene rings is 1. The van der Waals surface area contributed by atoms with Crippen LogP contribution in [0.15, 0.2) is 12.1 Å². The van der Waals surface area contributed by atoms with Crippen molar-refractivity contribution in [2.24, 2.45) is 11.8 Å². The summed E-state index contributed by atoms with van der Waals surface area (Å²) in [5, 5.41) is 2.80. The van der Waals surface area contributed by atoms with Gasteiger partial charge in [0, 0.05) is 37.2 Å². The van der Waals surface area contributed by atoms with Gasteiger partial charge in [-0.05, 0) is 54.1 Å². The third-order valence-corrected chi connectivity index (χ3v) is 17.1. The van der Waals surface area contributed by atoms with E-state index >= 15 is 4.39 Å². The van der Waals surface area contributed by atoms with Crippen LogP contribution in [0.3, 0.4) is 0 Å². The summed E-state index contributed by atoms with van der Waals surface area (Å²) in [7, 11) is 0. The third-order valence-electron chi connectivity index (χ3n) is 11.3. The molecule has 2 unspecified atom stereocenters. The normalized spacial score (nSPS) is 13.7. The number of carbonyl (C=O) groups excluding carboxylic acids is 1. The molecule has 4 heterocycles. The van der Waals surface area contributed by atoms with Crippen molar-refractivity contribution in [3.05, 3.63) is 32.6 Å². The van der Waals surface area contributed by atoms with Crippen molar-refractivity contribution < 1.29 is 18.7 Å². The molecule has 5 aromatic rings. The van der Waals surface area contributed by atoms with Crippen LogP contribution in [-0.4, -0.2) is 19.0 Å². The third kappa shape index (κ3) is 10.2. The van der Waals surface area contributed by atoms with Crippen molar-refractivity contribution in [2.45, 2.75) is 177 Å². The minimum Gasteiger partial charge on any atom is -0.491 e. The Hall–Kier alpha value is -2.00. The van der Waals surface area contributed by atoms with Crippen molar-refractivity contribution in [2.75, 3.05) is 13.2 Å². The van der Waals surface area contributed by atoms with Gasteiger partial charge in [0.05, 0.1) is 32.2 Å². The molecule has 0 radical (unpaired) electrons. The highest BCUT2D eigenvalue weighted by atomic mass is 32.1. The number of hydrogen-bond acceptors (Lipinski definition) is 7. The summed E-state index contributed by atoms with van der Waals surface area (Å²) in [4.78, 5) is 18.3. The molecule has 0 saturated carbocycles. The fourth-order valence-corrected chi connectivity index (χ4v) is 12.9. The van der Waals surface area contributed by atoms with E-state index in [1.807, 2.05) is 11.3 Å². The lowest BCUT2D eigenvalue weighted by Crippen LogP contribution is -2.12. The van der Waals surface area contributed by atoms with E-state index in [-0.39, 0.29) is 22.4 Å². The second-order valence-electron chi connectivity index (χ2n) is 18.1. The van der Waals surface area contributed by atoms with E-state index in [4.69, 9.17) is 9.47 Å². The molecule has 0 N–H and O–H groups in total. The van der Waals surface area contributed by atoms with Crippen molar-refractivity contribution >= 4 is 81.4 Å². The van der Waals surface area contributed by atoms with E-state index in [1.165, 1.54) is 48.3 Å². The fraction of sp³-hybridized carbons (Fsp3) is 0.646. The van der Waals surface area contributed by atoms with Gasteiger partial charge in [0.15, 0.2) is 11.6 Å². The molecular weight excluding hydrogens is 772 g/mol. The van der Waals surface area contributed by atoms with E-state index < -0.39 is 0 Å². The van der Waals surface area contributed by atoms with Crippen molar-refractivity contribution in [1.29, 1.82) is 0 Å². The van der Waals surface area contributed by atoms with E-state index in [0.29, 0.717) is 41.7 Å². The maximum absolute atomic E-state index is 16.9. The Balaban J connectivity index is 1.72. The Morgan fingerprint density at radius 2 is 1.21 bits per heavy atom. The van der Waals surface area contributed by atoms with Gasteiger partial charge in [-0.2, -0.15) is 0 Å². The van der Waals surface area contributed by atoms with Crippen LogP contribution < -0.4 is 9.47 Å². The predicted octanol–water partition coefficient (Wildman–Crippen LogP) is 17.5. The summed E-state index contributed by atoms with van der Waals surface area (Å²) in [6.07, 6.45) is 14.9. The van der Waals surface area contributed by atoms with Crippen LogP contribution in [-0.2, 0) is 10.8 Å². The number of Topliss-reactive ketones (excluding diaryl/α,β-unsaturated/α-hetero) is 1. The van der Waals surface area contributed by atoms with Crippen molar-refractivity contribution in [1.82, 2.24) is 0 Å². The maximum atomic E-state index is 16.9. The summed E-state index contributed by atoms with van der Waals surface area (Å²) in [5.41, 5.74) is -0.227. The van der Waals surface area contributed by atoms with Crippen LogP contribution in [0.2, 0.25) is 0 Å². The molecule has 0 fully saturated rings. The molecule has 56 heavy (non-hydrogen) atoms. The number of carbonyl (C=O) groups is 1. The topological polar surface area (TPSA) is 35.5 Å². The zero-order valence-corrected chi connectivity index (χ0v) is 39.6. The molecular formula is C48H69FO3S4. The molecule has 2 atom stereocenters. The Morgan fingerprint density at radius 1 is 0.661 bits per heavy atom. The quantitative estimate of drug-likeness (QED) is 0.0514. The predicted molar refractivity (Wildman–Crippen MR) is 249 cm³/mol. The number of rotatable bonds is 22. The molecule has 0 amide bonds. The summed E-state index contributed by atoms with van der Waals surface area (Å²) >= 11 is 6.60. The lowest BCUT2D eigenvalue weighted by Gasteiger charge is -2.19. The second kappa shape index (κ2) is 19.8. The number of thiophene rings is 4. The van der Waals surface area contributed by atoms with Crippen molar-refractivity contribution in [3.63, 3.8) is 0 Å². The molecule has 0 spiro atoms. The monoisotopic (exact) mass is 840 g/mol. The van der Waals surface area contributed by atoms with E-state index in [0.717, 1.165) is 102 Å². The number of unbranched alkanes of at least 4 members (excludes halogenated alkanes) is 6. The Morgan fingerprint density at radius 3 is 1.75 bits per heavy atom. The van der Waals surface area contributed by atoms with E-state index in [1.54, 1.807) is 22.7 Å². The summed E-state index contributed by atoms with van der Waals surface area (Å²) in [6.45, 7) is 26.0. The summed E-state index contributed by atoms with van der Waals surface area (Å²) in [6, 6.07) is 4.60. The first kappa shape index (κ1) is 45.1. The highest BCUT2D eigenvalue weighted by Gasteiger charge is 2.32. The zero-order chi connectivity index (χ0) is 40.8. The summed E-state index contributed by atoms with van der Waals surface area (Å²) in [5.74, 6) is 2.44. The molecule has 0 bridgehead atoms. The smallest absolute Gasteiger partial charge is 0.175 e. The maximum Gasteiger partial charge on any atom is 0.175 e. The van der Waals surface area contributed by atoms with Gasteiger partial charge in [-0.1, -0.05) is 140 Å². The highest BCUT2D eigenvalue weighted by molar-refractivity contribution is 7.30. The second-order valence-corrected chi connectivity index (χ2v) is 22.3. The van der Waals surface area contributed by atoms with Gasteiger partial charge in [-0.15, -0.1) is 45.3 Å². The fourth-order valence-electron chi connectivity index (χ4n) is 7.49. The standard InChI is InChI=1S/C48H69FO3S4/c1-12-17-20-21-22-25-34(50)43-38(49)37-44(56-46(45(37)55-43)48(9,10)11)35-26-32-39(51-28-30(15-4)23-18-13-2)42-33(27-36(54-42)47(6,7)8)40(41(32)53-35)52-29-31(16-5)24-19-14-3/h26-27,30-31H,12-25,28-29H2,1-11H3. The molecule has 4 aromatic heterocycles. The van der Waals surface area contributed by atoms with Crippen LogP contribution in [0.25, 0.3) is 40.0 Å². The van der Waals surface area contributed by atoms with Crippen LogP contribution in [0.5, 0.6) is 11.5 Å². The zero-order valence-electron chi connectivity index (χ0n) is 36.4. The number of ether oxygens (including phenoxy) is 2. The Kier molecular flexibility index (Phi) is 16.0. The van der Waals surface area contributed by atoms with Crippen LogP contribution in [0.4, 0.5) is 4.39 Å². The SMILES string of the molecule is CCCCCCCC(=O)c1sc2c(C(C)(C)C)sc(-c3cc4c(OCC(CC)CCCC)c5sc(C(C)(C)C)cc5c(OCC(CC)CCCC)c4s3)c2c1F. The first-order valence-corrected chi connectivity index (χ1v) is 25.0. The Bertz CT molecular complexity index is 1970. The first-order chi connectivity index (χ1) is 26.7. The highest BCUT2D eigenvalue weighted by Crippen LogP contribution is 2.56. The van der Waals surface area contributed by atoms with Crippen LogP contribution in [0.1, 0.15) is 185 Å². The van der Waals surface area contributed by atoms with E-state index in [9.17, 15) is 4.79 Å². The molecule has 0 aliphatic rings. The summed E-state index contributed by atoms with van der Waals surface area (Å²) < 4.78 is 34.1. The number of halogens is 1. The minimum atomic E-state index is -0.338. The Labute approximate surface area is 353 Å². The van der Waals surface area contributed by atoms with Gasteiger partial charge in [-0.25, -0.2) is 4.39 Å². The van der Waals surface area contributed by atoms with Crippen molar-refractivity contribution in [3.8, 4) is 21.3 Å². The van der Waals surface area contributed by atoms with Gasteiger partial charge in [0.2, 0.25) is 0 Å². The number of ketones is 1. The van der Waals surface area contributed by atoms with Gasteiger partial charge in [0.1, 0.15) is 16.4 Å². The molecule has 0 aliphatic carbocycles. The molecule has 8 heteroatoms. The minimum absolute atomic E-state index is 0.0238. The average molecular weight is 841 g/mol. The lowest BCUT2D eigenvalue weighted by atomic mass is 9.94. The molecule has 0 aliphatic heterocycles. The van der Waals surface area contributed by atoms with Gasteiger partial charge >= 0.3 is 0 Å². The average Bonchev–Trinajstić information content (AvgIpc) is 3.94. The first-order valence-electron chi connectivity index (χ1n) is 21.8. The van der Waals surface area contributed by atoms with Crippen LogP contribution in [0, 0.1) is 17.7 Å². The number of hydrogen-bond donors (Lipinski definition) is 0. The van der Waals surface area contributed by atoms with Gasteiger partial charge in [0.25, 0.3) is 0 Å². The molecule has 5 rings (SSSR count). The van der Waals surface area contributed by atoms with Gasteiger partial charge < -0.3 is 9.47 Å². The lowest BCUT2D eigenvalue weighted by molar-refractivity contribution is 0.0979. The molecule has 3 nitrogen and oxygen atoms in total. The van der Waals surface area contributed by atoms with E-state index in [2.05, 4.69) is 88.3 Å². The molecule has 1 aromatic carbocycles.